The van der Waals surface area contributed by atoms with Gasteiger partial charge in [-0.05, 0) is 43.4 Å². The van der Waals surface area contributed by atoms with Gasteiger partial charge in [0.05, 0.1) is 0 Å². The number of unbranched alkanes of at least 4 members (excludes halogenated alkanes) is 3. The summed E-state index contributed by atoms with van der Waals surface area (Å²) in [5.74, 6) is 0.238. The van der Waals surface area contributed by atoms with Crippen LogP contribution in [0.1, 0.15) is 67.1 Å². The predicted molar refractivity (Wildman–Crippen MR) is 121 cm³/mol. The second-order valence-electron chi connectivity index (χ2n) is 7.36. The lowest BCUT2D eigenvalue weighted by molar-refractivity contribution is -0.121. The minimum absolute atomic E-state index is 0.0155. The molecule has 30 heavy (non-hydrogen) atoms. The van der Waals surface area contributed by atoms with E-state index in [2.05, 4.69) is 38.9 Å². The summed E-state index contributed by atoms with van der Waals surface area (Å²) >= 11 is 5.92. The third-order valence-corrected chi connectivity index (χ3v) is 4.84. The zero-order chi connectivity index (χ0) is 21.8. The smallest absolute Gasteiger partial charge is 0.271 e. The van der Waals surface area contributed by atoms with Gasteiger partial charge in [0, 0.05) is 26.1 Å². The first-order valence-corrected chi connectivity index (χ1v) is 11.0. The maximum atomic E-state index is 12.4. The van der Waals surface area contributed by atoms with Gasteiger partial charge in [0.25, 0.3) is 5.91 Å². The first-order valence-electron chi connectivity index (χ1n) is 10.6. The van der Waals surface area contributed by atoms with Crippen molar-refractivity contribution in [3.05, 3.63) is 46.4 Å². The van der Waals surface area contributed by atoms with Gasteiger partial charge in [0.1, 0.15) is 5.69 Å². The average molecular weight is 434 g/mol. The quantitative estimate of drug-likeness (QED) is 0.356. The molecule has 0 unspecified atom stereocenters. The Kier molecular flexibility index (Phi) is 10.2. The number of carbonyl (C=O) groups excluding carboxylic acids is 2. The third-order valence-electron chi connectivity index (χ3n) is 4.66. The normalized spacial score (nSPS) is 10.6. The van der Waals surface area contributed by atoms with Crippen LogP contribution in [0.4, 0.5) is 5.82 Å². The van der Waals surface area contributed by atoms with Crippen LogP contribution in [-0.2, 0) is 11.3 Å². The first kappa shape index (κ1) is 23.7. The van der Waals surface area contributed by atoms with Crippen LogP contribution in [0.3, 0.4) is 0 Å². The average Bonchev–Trinajstić information content (AvgIpc) is 3.10. The van der Waals surface area contributed by atoms with Gasteiger partial charge in [-0.25, -0.2) is 4.98 Å². The molecular formula is C22H32ClN5O2. The number of carbonyl (C=O) groups is 2. The number of amides is 2. The summed E-state index contributed by atoms with van der Waals surface area (Å²) in [6, 6.07) is 8.07. The van der Waals surface area contributed by atoms with Crippen molar-refractivity contribution in [2.75, 3.05) is 18.4 Å². The number of imidazole rings is 1. The standard InChI is InChI=1S/C22H32ClN5O2/c1-3-4-6-12-24-20-19(27-22(23)28-20)21(30)25-13-7-5-11-18(29)26-15-17-10-8-9-16(2)14-17/h8-10,14,24H,3-7,11-13,15H2,1-2H3,(H,25,30)(H,26,29)(H,27,28). The predicted octanol–water partition coefficient (Wildman–Crippen LogP) is 4.19. The Morgan fingerprint density at radius 3 is 2.67 bits per heavy atom. The molecule has 8 heteroatoms. The highest BCUT2D eigenvalue weighted by Gasteiger charge is 2.16. The van der Waals surface area contributed by atoms with E-state index < -0.39 is 0 Å². The van der Waals surface area contributed by atoms with E-state index in [-0.39, 0.29) is 17.1 Å². The van der Waals surface area contributed by atoms with Crippen LogP contribution >= 0.6 is 11.6 Å². The maximum absolute atomic E-state index is 12.4. The molecule has 2 amide bonds. The van der Waals surface area contributed by atoms with E-state index in [1.807, 2.05) is 25.1 Å². The zero-order valence-corrected chi connectivity index (χ0v) is 18.6. The molecule has 0 aliphatic rings. The molecule has 1 aromatic carbocycles. The number of benzene rings is 1. The van der Waals surface area contributed by atoms with Gasteiger partial charge in [-0.3, -0.25) is 9.59 Å². The number of aromatic amines is 1. The zero-order valence-electron chi connectivity index (χ0n) is 17.8. The molecule has 2 rings (SSSR count). The van der Waals surface area contributed by atoms with E-state index in [0.717, 1.165) is 31.4 Å². The van der Waals surface area contributed by atoms with E-state index in [1.54, 1.807) is 0 Å². The number of aryl methyl sites for hydroxylation is 1. The van der Waals surface area contributed by atoms with Crippen LogP contribution < -0.4 is 16.0 Å². The van der Waals surface area contributed by atoms with Crippen LogP contribution in [-0.4, -0.2) is 34.9 Å². The number of hydrogen-bond acceptors (Lipinski definition) is 4. The number of nitrogens with one attached hydrogen (secondary N) is 4. The fraction of sp³-hybridized carbons (Fsp3) is 0.500. The third kappa shape index (κ3) is 8.45. The Hall–Kier alpha value is -2.54. The molecule has 0 aliphatic carbocycles. The molecule has 0 bridgehead atoms. The van der Waals surface area contributed by atoms with Gasteiger partial charge in [-0.1, -0.05) is 49.6 Å². The summed E-state index contributed by atoms with van der Waals surface area (Å²) < 4.78 is 0. The Morgan fingerprint density at radius 2 is 1.90 bits per heavy atom. The molecule has 0 fully saturated rings. The van der Waals surface area contributed by atoms with E-state index in [9.17, 15) is 9.59 Å². The van der Waals surface area contributed by atoms with Crippen molar-refractivity contribution in [2.45, 2.75) is 58.9 Å². The van der Waals surface area contributed by atoms with Crippen molar-refractivity contribution in [3.63, 3.8) is 0 Å². The molecule has 1 heterocycles. The van der Waals surface area contributed by atoms with E-state index >= 15 is 0 Å². The summed E-state index contributed by atoms with van der Waals surface area (Å²) in [5, 5.41) is 9.12. The van der Waals surface area contributed by atoms with E-state index in [0.29, 0.717) is 43.9 Å². The number of rotatable bonds is 13. The summed E-state index contributed by atoms with van der Waals surface area (Å²) in [6.07, 6.45) is 5.10. The van der Waals surface area contributed by atoms with Gasteiger partial charge in [-0.2, -0.15) is 0 Å². The Balaban J connectivity index is 1.64. The number of H-pyrrole nitrogens is 1. The lowest BCUT2D eigenvalue weighted by Crippen LogP contribution is -2.26. The number of halogens is 1. The molecule has 2 aromatic rings. The highest BCUT2D eigenvalue weighted by atomic mass is 35.5. The van der Waals surface area contributed by atoms with Crippen LogP contribution in [0.25, 0.3) is 0 Å². The SMILES string of the molecule is CCCCCNc1nc(Cl)[nH]c1C(=O)NCCCCC(=O)NCc1cccc(C)c1. The Morgan fingerprint density at radius 1 is 1.10 bits per heavy atom. The lowest BCUT2D eigenvalue weighted by Gasteiger charge is -2.08. The minimum atomic E-state index is -0.253. The van der Waals surface area contributed by atoms with E-state index in [4.69, 9.17) is 11.6 Å². The molecule has 164 valence electrons. The topological polar surface area (TPSA) is 98.9 Å². The largest absolute Gasteiger partial charge is 0.368 e. The molecule has 7 nitrogen and oxygen atoms in total. The second kappa shape index (κ2) is 12.9. The number of hydrogen-bond donors (Lipinski definition) is 4. The van der Waals surface area contributed by atoms with Crippen LogP contribution in [0, 0.1) is 6.92 Å². The van der Waals surface area contributed by atoms with Crippen molar-refractivity contribution in [1.82, 2.24) is 20.6 Å². The number of anilines is 1. The number of nitrogens with zero attached hydrogens (tertiary/aromatic N) is 1. The second-order valence-corrected chi connectivity index (χ2v) is 7.72. The van der Waals surface area contributed by atoms with Crippen molar-refractivity contribution >= 4 is 29.2 Å². The Bertz CT molecular complexity index is 822. The molecule has 0 spiro atoms. The van der Waals surface area contributed by atoms with E-state index in [1.165, 1.54) is 5.56 Å². The highest BCUT2D eigenvalue weighted by molar-refractivity contribution is 6.28. The lowest BCUT2D eigenvalue weighted by atomic mass is 10.1. The minimum Gasteiger partial charge on any atom is -0.368 e. The van der Waals surface area contributed by atoms with Crippen molar-refractivity contribution in [3.8, 4) is 0 Å². The highest BCUT2D eigenvalue weighted by Crippen LogP contribution is 2.16. The first-order chi connectivity index (χ1) is 14.5. The molecule has 0 atom stereocenters. The molecule has 0 saturated heterocycles. The monoisotopic (exact) mass is 433 g/mol. The van der Waals surface area contributed by atoms with Crippen molar-refractivity contribution in [2.24, 2.45) is 0 Å². The van der Waals surface area contributed by atoms with Gasteiger partial charge in [0.15, 0.2) is 5.82 Å². The summed E-state index contributed by atoms with van der Waals surface area (Å²) in [7, 11) is 0. The molecule has 1 aromatic heterocycles. The van der Waals surface area contributed by atoms with Crippen LogP contribution in [0.5, 0.6) is 0 Å². The fourth-order valence-corrected chi connectivity index (χ4v) is 3.21. The molecule has 4 N–H and O–H groups in total. The van der Waals surface area contributed by atoms with Gasteiger partial charge in [0.2, 0.25) is 11.2 Å². The van der Waals surface area contributed by atoms with Crippen LogP contribution in [0.2, 0.25) is 5.28 Å². The van der Waals surface area contributed by atoms with Crippen LogP contribution in [0.15, 0.2) is 24.3 Å². The van der Waals surface area contributed by atoms with Gasteiger partial charge >= 0.3 is 0 Å². The molecule has 0 aliphatic heterocycles. The molecule has 0 saturated carbocycles. The molecular weight excluding hydrogens is 402 g/mol. The van der Waals surface area contributed by atoms with Gasteiger partial charge < -0.3 is 20.9 Å². The fourth-order valence-electron chi connectivity index (χ4n) is 3.03. The van der Waals surface area contributed by atoms with Gasteiger partial charge in [-0.15, -0.1) is 0 Å². The Labute approximate surface area is 183 Å². The molecule has 0 radical (unpaired) electrons. The summed E-state index contributed by atoms with van der Waals surface area (Å²) in [6.45, 7) is 5.93. The maximum Gasteiger partial charge on any atom is 0.271 e. The number of aromatic nitrogens is 2. The summed E-state index contributed by atoms with van der Waals surface area (Å²) in [5.41, 5.74) is 2.61. The van der Waals surface area contributed by atoms with Crippen molar-refractivity contribution in [1.29, 1.82) is 0 Å². The summed E-state index contributed by atoms with van der Waals surface area (Å²) in [4.78, 5) is 31.3. The van der Waals surface area contributed by atoms with Crippen molar-refractivity contribution < 1.29 is 9.59 Å².